The quantitative estimate of drug-likeness (QED) is 0.623. The maximum Gasteiger partial charge on any atom is 0.260 e. The Labute approximate surface area is 168 Å². The molecule has 1 saturated heterocycles. The van der Waals surface area contributed by atoms with Crippen molar-refractivity contribution in [2.75, 3.05) is 44.8 Å². The Hall–Kier alpha value is -3.36. The van der Waals surface area contributed by atoms with Crippen LogP contribution < -0.4 is 14.4 Å². The lowest BCUT2D eigenvalue weighted by molar-refractivity contribution is -0.133. The third-order valence-electron chi connectivity index (χ3n) is 5.09. The molecular weight excluding hydrogens is 372 g/mol. The average molecular weight is 396 g/mol. The van der Waals surface area contributed by atoms with Crippen LogP contribution in [0.3, 0.4) is 0 Å². The van der Waals surface area contributed by atoms with Crippen molar-refractivity contribution in [3.8, 4) is 11.5 Å². The lowest BCUT2D eigenvalue weighted by Gasteiger charge is -2.35. The van der Waals surface area contributed by atoms with Gasteiger partial charge in [-0.1, -0.05) is 6.92 Å². The van der Waals surface area contributed by atoms with Gasteiger partial charge in [0, 0.05) is 37.9 Å². The number of carbonyl (C=O) groups is 1. The largest absolute Gasteiger partial charge is 0.497 e. The van der Waals surface area contributed by atoms with Gasteiger partial charge in [0.05, 0.1) is 7.11 Å². The van der Waals surface area contributed by atoms with Crippen molar-refractivity contribution in [3.05, 3.63) is 42.4 Å². The third kappa shape index (κ3) is 4.08. The molecule has 4 rings (SSSR count). The molecule has 9 heteroatoms. The average Bonchev–Trinajstić information content (AvgIpc) is 3.26. The predicted molar refractivity (Wildman–Crippen MR) is 107 cm³/mol. The van der Waals surface area contributed by atoms with E-state index in [1.807, 2.05) is 21.4 Å². The van der Waals surface area contributed by atoms with Gasteiger partial charge < -0.3 is 19.3 Å². The second kappa shape index (κ2) is 8.34. The molecule has 0 radical (unpaired) electrons. The first-order valence-electron chi connectivity index (χ1n) is 9.67. The standard InChI is InChI=1S/C20H24N6O3/c1-3-15-12-18(22-20-23-21-14-26(15)20)24-8-10-25(11-9-24)19(27)13-29-17-6-4-16(28-2)5-7-17/h4-7,12,14H,3,8-11,13H2,1-2H3. The molecule has 0 aliphatic carbocycles. The molecule has 1 aromatic carbocycles. The Kier molecular flexibility index (Phi) is 5.46. The minimum Gasteiger partial charge on any atom is -0.497 e. The SMILES string of the molecule is CCc1cc(N2CCN(C(=O)COc3ccc(OC)cc3)CC2)nc2nncn12. The van der Waals surface area contributed by atoms with E-state index in [0.717, 1.165) is 36.8 Å². The zero-order chi connectivity index (χ0) is 20.2. The maximum atomic E-state index is 12.5. The van der Waals surface area contributed by atoms with Crippen molar-refractivity contribution < 1.29 is 14.3 Å². The van der Waals surface area contributed by atoms with Gasteiger partial charge in [-0.3, -0.25) is 9.20 Å². The monoisotopic (exact) mass is 396 g/mol. The summed E-state index contributed by atoms with van der Waals surface area (Å²) in [6.07, 6.45) is 2.55. The number of ether oxygens (including phenoxy) is 2. The van der Waals surface area contributed by atoms with Gasteiger partial charge in [-0.2, -0.15) is 4.98 Å². The van der Waals surface area contributed by atoms with Crippen LogP contribution in [0.1, 0.15) is 12.6 Å². The van der Waals surface area contributed by atoms with E-state index >= 15 is 0 Å². The molecule has 3 aromatic rings. The van der Waals surface area contributed by atoms with E-state index in [9.17, 15) is 4.79 Å². The number of aromatic nitrogens is 4. The molecule has 29 heavy (non-hydrogen) atoms. The topological polar surface area (TPSA) is 85.1 Å². The van der Waals surface area contributed by atoms with Crippen LogP contribution in [0.4, 0.5) is 5.82 Å². The Morgan fingerprint density at radius 1 is 1.10 bits per heavy atom. The fourth-order valence-electron chi connectivity index (χ4n) is 3.39. The van der Waals surface area contributed by atoms with Gasteiger partial charge >= 0.3 is 0 Å². The summed E-state index contributed by atoms with van der Waals surface area (Å²) in [5.74, 6) is 2.87. The van der Waals surface area contributed by atoms with Gasteiger partial charge in [-0.05, 0) is 30.7 Å². The molecule has 0 saturated carbocycles. The summed E-state index contributed by atoms with van der Waals surface area (Å²) in [5, 5.41) is 8.02. The first-order chi connectivity index (χ1) is 14.2. The van der Waals surface area contributed by atoms with E-state index in [1.165, 1.54) is 0 Å². The minimum absolute atomic E-state index is 0.0180. The van der Waals surface area contributed by atoms with Gasteiger partial charge in [0.2, 0.25) is 0 Å². The van der Waals surface area contributed by atoms with Crippen LogP contribution in [0, 0.1) is 0 Å². The van der Waals surface area contributed by atoms with Crippen molar-refractivity contribution >= 4 is 17.5 Å². The first-order valence-corrected chi connectivity index (χ1v) is 9.67. The summed E-state index contributed by atoms with van der Waals surface area (Å²) in [6, 6.07) is 9.27. The highest BCUT2D eigenvalue weighted by Crippen LogP contribution is 2.19. The molecule has 0 spiro atoms. The van der Waals surface area contributed by atoms with E-state index < -0.39 is 0 Å². The number of piperazine rings is 1. The number of hydrogen-bond donors (Lipinski definition) is 0. The molecule has 152 valence electrons. The first kappa shape index (κ1) is 19.0. The fraction of sp³-hybridized carbons (Fsp3) is 0.400. The molecule has 2 aromatic heterocycles. The normalized spacial score (nSPS) is 14.3. The molecule has 0 N–H and O–H groups in total. The van der Waals surface area contributed by atoms with Crippen molar-refractivity contribution in [1.82, 2.24) is 24.5 Å². The van der Waals surface area contributed by atoms with Crippen molar-refractivity contribution in [1.29, 1.82) is 0 Å². The number of amides is 1. The lowest BCUT2D eigenvalue weighted by atomic mass is 10.2. The summed E-state index contributed by atoms with van der Waals surface area (Å²) in [4.78, 5) is 21.1. The Bertz CT molecular complexity index is 980. The number of benzene rings is 1. The molecular formula is C20H24N6O3. The van der Waals surface area contributed by atoms with E-state index in [0.29, 0.717) is 24.6 Å². The Morgan fingerprint density at radius 2 is 1.83 bits per heavy atom. The van der Waals surface area contributed by atoms with Gasteiger partial charge in [-0.15, -0.1) is 10.2 Å². The molecule has 1 fully saturated rings. The van der Waals surface area contributed by atoms with E-state index in [-0.39, 0.29) is 12.5 Å². The third-order valence-corrected chi connectivity index (χ3v) is 5.09. The number of aryl methyl sites for hydroxylation is 1. The minimum atomic E-state index is -0.0180. The van der Waals surface area contributed by atoms with Crippen molar-refractivity contribution in [3.63, 3.8) is 0 Å². The van der Waals surface area contributed by atoms with Crippen LogP contribution in [0.15, 0.2) is 36.7 Å². The summed E-state index contributed by atoms with van der Waals surface area (Å²) in [6.45, 7) is 4.81. The second-order valence-corrected chi connectivity index (χ2v) is 6.79. The van der Waals surface area contributed by atoms with Gasteiger partial charge in [0.15, 0.2) is 6.61 Å². The number of nitrogens with zero attached hydrogens (tertiary/aromatic N) is 6. The molecule has 0 unspecified atom stereocenters. The lowest BCUT2D eigenvalue weighted by Crippen LogP contribution is -2.50. The molecule has 1 amide bonds. The maximum absolute atomic E-state index is 12.5. The number of anilines is 1. The van der Waals surface area contributed by atoms with Gasteiger partial charge in [0.1, 0.15) is 23.6 Å². The van der Waals surface area contributed by atoms with Gasteiger partial charge in [0.25, 0.3) is 11.7 Å². The molecule has 3 heterocycles. The highest BCUT2D eigenvalue weighted by atomic mass is 16.5. The van der Waals surface area contributed by atoms with Crippen LogP contribution in [0.25, 0.3) is 5.78 Å². The molecule has 9 nitrogen and oxygen atoms in total. The smallest absolute Gasteiger partial charge is 0.260 e. The van der Waals surface area contributed by atoms with Gasteiger partial charge in [-0.25, -0.2) is 0 Å². The van der Waals surface area contributed by atoms with Crippen LogP contribution in [-0.4, -0.2) is 70.3 Å². The predicted octanol–water partition coefficient (Wildman–Crippen LogP) is 1.42. The summed E-state index contributed by atoms with van der Waals surface area (Å²) in [5.41, 5.74) is 1.11. The number of hydrogen-bond acceptors (Lipinski definition) is 7. The van der Waals surface area contributed by atoms with Crippen LogP contribution in [0.2, 0.25) is 0 Å². The van der Waals surface area contributed by atoms with Crippen LogP contribution in [0.5, 0.6) is 11.5 Å². The zero-order valence-electron chi connectivity index (χ0n) is 16.6. The highest BCUT2D eigenvalue weighted by molar-refractivity contribution is 5.78. The van der Waals surface area contributed by atoms with E-state index in [2.05, 4.69) is 33.1 Å². The van der Waals surface area contributed by atoms with Crippen LogP contribution >= 0.6 is 0 Å². The molecule has 1 aliphatic heterocycles. The summed E-state index contributed by atoms with van der Waals surface area (Å²) < 4.78 is 12.6. The van der Waals surface area contributed by atoms with Crippen LogP contribution in [-0.2, 0) is 11.2 Å². The second-order valence-electron chi connectivity index (χ2n) is 6.79. The fourth-order valence-corrected chi connectivity index (χ4v) is 3.39. The Morgan fingerprint density at radius 3 is 2.52 bits per heavy atom. The number of fused-ring (bicyclic) bond motifs is 1. The molecule has 0 atom stereocenters. The molecule has 0 bridgehead atoms. The van der Waals surface area contributed by atoms with E-state index in [1.54, 1.807) is 25.6 Å². The van der Waals surface area contributed by atoms with Crippen molar-refractivity contribution in [2.24, 2.45) is 0 Å². The Balaban J connectivity index is 1.33. The zero-order valence-corrected chi connectivity index (χ0v) is 16.6. The number of methoxy groups -OCH3 is 1. The molecule has 1 aliphatic rings. The summed E-state index contributed by atoms with van der Waals surface area (Å²) in [7, 11) is 1.61. The highest BCUT2D eigenvalue weighted by Gasteiger charge is 2.23. The number of rotatable bonds is 6. The van der Waals surface area contributed by atoms with Crippen molar-refractivity contribution in [2.45, 2.75) is 13.3 Å². The summed E-state index contributed by atoms with van der Waals surface area (Å²) >= 11 is 0. The van der Waals surface area contributed by atoms with E-state index in [4.69, 9.17) is 9.47 Å². The number of carbonyl (C=O) groups excluding carboxylic acids is 1.